The maximum Gasteiger partial charge on any atom is 0.231 e. The molecular weight excluding hydrogens is 318 g/mol. The van der Waals surface area contributed by atoms with E-state index in [0.29, 0.717) is 13.1 Å². The van der Waals surface area contributed by atoms with E-state index in [1.54, 1.807) is 6.26 Å². The lowest BCUT2D eigenvalue weighted by molar-refractivity contribution is -0.125. The van der Waals surface area contributed by atoms with Crippen LogP contribution in [-0.2, 0) is 11.3 Å². The molecule has 4 rings (SSSR count). The van der Waals surface area contributed by atoms with Crippen LogP contribution in [0, 0.1) is 12.8 Å². The number of rotatable bonds is 4. The van der Waals surface area contributed by atoms with E-state index >= 15 is 0 Å². The Balaban J connectivity index is 1.47. The number of aromatic nitrogens is 3. The molecule has 1 fully saturated rings. The average Bonchev–Trinajstić information content (AvgIpc) is 3.30. The molecule has 25 heavy (non-hydrogen) atoms. The molecule has 3 aromatic heterocycles. The van der Waals surface area contributed by atoms with E-state index < -0.39 is 0 Å². The van der Waals surface area contributed by atoms with E-state index in [1.165, 1.54) is 0 Å². The highest BCUT2D eigenvalue weighted by molar-refractivity contribution is 5.79. The lowest BCUT2D eigenvalue weighted by Gasteiger charge is -2.32. The number of carbonyl (C=O) groups is 1. The number of nitrogens with zero attached hydrogens (tertiary/aromatic N) is 4. The summed E-state index contributed by atoms with van der Waals surface area (Å²) in [6.07, 6.45) is 3.46. The Labute approximate surface area is 145 Å². The lowest BCUT2D eigenvalue weighted by Crippen LogP contribution is -2.43. The van der Waals surface area contributed by atoms with E-state index in [2.05, 4.69) is 20.4 Å². The average molecular weight is 339 g/mol. The fourth-order valence-corrected chi connectivity index (χ4v) is 3.39. The molecule has 0 aromatic carbocycles. The number of hydrogen-bond acceptors (Lipinski definition) is 5. The van der Waals surface area contributed by atoms with Gasteiger partial charge in [0.05, 0.1) is 18.7 Å². The van der Waals surface area contributed by atoms with Crippen LogP contribution in [0.2, 0.25) is 0 Å². The molecule has 7 nitrogen and oxygen atoms in total. The van der Waals surface area contributed by atoms with Gasteiger partial charge in [0.15, 0.2) is 5.65 Å². The first kappa shape index (κ1) is 15.7. The van der Waals surface area contributed by atoms with Crippen molar-refractivity contribution in [1.82, 2.24) is 19.9 Å². The molecule has 1 amide bonds. The summed E-state index contributed by atoms with van der Waals surface area (Å²) in [6.45, 7) is 4.00. The van der Waals surface area contributed by atoms with Crippen LogP contribution >= 0.6 is 0 Å². The zero-order valence-electron chi connectivity index (χ0n) is 14.2. The van der Waals surface area contributed by atoms with Gasteiger partial charge in [-0.15, -0.1) is 10.2 Å². The van der Waals surface area contributed by atoms with Crippen molar-refractivity contribution in [3.8, 4) is 0 Å². The van der Waals surface area contributed by atoms with Crippen molar-refractivity contribution >= 4 is 17.5 Å². The first-order chi connectivity index (χ1) is 12.2. The minimum atomic E-state index is -0.0555. The van der Waals surface area contributed by atoms with Crippen LogP contribution in [-0.4, -0.2) is 33.6 Å². The monoisotopic (exact) mass is 339 g/mol. The SMILES string of the molecule is Cc1cccc2nnc(N3CCC[C@@H](C(=O)NCc4ccco4)C3)n12. The van der Waals surface area contributed by atoms with Gasteiger partial charge < -0.3 is 14.6 Å². The first-order valence-corrected chi connectivity index (χ1v) is 8.58. The molecule has 0 radical (unpaired) electrons. The molecule has 4 heterocycles. The number of piperidine rings is 1. The second kappa shape index (κ2) is 6.58. The number of furan rings is 1. The van der Waals surface area contributed by atoms with Gasteiger partial charge in [0.25, 0.3) is 0 Å². The fourth-order valence-electron chi connectivity index (χ4n) is 3.39. The van der Waals surface area contributed by atoms with Gasteiger partial charge >= 0.3 is 0 Å². The summed E-state index contributed by atoms with van der Waals surface area (Å²) >= 11 is 0. The molecule has 1 aliphatic rings. The Hall–Kier alpha value is -2.83. The Morgan fingerprint density at radius 3 is 3.08 bits per heavy atom. The van der Waals surface area contributed by atoms with E-state index in [9.17, 15) is 4.79 Å². The maximum atomic E-state index is 12.5. The maximum absolute atomic E-state index is 12.5. The van der Waals surface area contributed by atoms with Gasteiger partial charge in [-0.25, -0.2) is 0 Å². The Morgan fingerprint density at radius 1 is 1.32 bits per heavy atom. The molecule has 1 saturated heterocycles. The van der Waals surface area contributed by atoms with Crippen LogP contribution in [0.3, 0.4) is 0 Å². The van der Waals surface area contributed by atoms with Crippen molar-refractivity contribution < 1.29 is 9.21 Å². The van der Waals surface area contributed by atoms with Gasteiger partial charge in [-0.3, -0.25) is 9.20 Å². The smallest absolute Gasteiger partial charge is 0.231 e. The van der Waals surface area contributed by atoms with Crippen molar-refractivity contribution in [3.63, 3.8) is 0 Å². The van der Waals surface area contributed by atoms with E-state index in [0.717, 1.165) is 42.4 Å². The Bertz CT molecular complexity index is 871. The predicted octanol–water partition coefficient (Wildman–Crippen LogP) is 2.16. The highest BCUT2D eigenvalue weighted by Crippen LogP contribution is 2.23. The quantitative estimate of drug-likeness (QED) is 0.788. The van der Waals surface area contributed by atoms with Crippen LogP contribution in [0.15, 0.2) is 41.0 Å². The summed E-state index contributed by atoms with van der Waals surface area (Å²) in [7, 11) is 0. The van der Waals surface area contributed by atoms with Crippen molar-refractivity contribution in [2.75, 3.05) is 18.0 Å². The van der Waals surface area contributed by atoms with Gasteiger partial charge in [0.2, 0.25) is 11.9 Å². The van der Waals surface area contributed by atoms with Crippen molar-refractivity contribution in [2.24, 2.45) is 5.92 Å². The molecule has 0 aliphatic carbocycles. The summed E-state index contributed by atoms with van der Waals surface area (Å²) in [5, 5.41) is 11.6. The van der Waals surface area contributed by atoms with Gasteiger partial charge in [-0.05, 0) is 44.0 Å². The number of aryl methyl sites for hydroxylation is 1. The molecule has 3 aromatic rings. The lowest BCUT2D eigenvalue weighted by atomic mass is 9.97. The normalized spacial score (nSPS) is 17.8. The molecule has 1 N–H and O–H groups in total. The summed E-state index contributed by atoms with van der Waals surface area (Å²) < 4.78 is 7.31. The summed E-state index contributed by atoms with van der Waals surface area (Å²) in [5.74, 6) is 1.59. The number of carbonyl (C=O) groups excluding carboxylic acids is 1. The Morgan fingerprint density at radius 2 is 2.24 bits per heavy atom. The second-order valence-electron chi connectivity index (χ2n) is 6.44. The first-order valence-electron chi connectivity index (χ1n) is 8.58. The minimum Gasteiger partial charge on any atom is -0.467 e. The van der Waals surface area contributed by atoms with Gasteiger partial charge in [-0.2, -0.15) is 0 Å². The van der Waals surface area contributed by atoms with Gasteiger partial charge in [-0.1, -0.05) is 6.07 Å². The second-order valence-corrected chi connectivity index (χ2v) is 6.44. The minimum absolute atomic E-state index is 0.0555. The molecule has 0 spiro atoms. The third-order valence-electron chi connectivity index (χ3n) is 4.70. The number of pyridine rings is 1. The number of anilines is 1. The third-order valence-corrected chi connectivity index (χ3v) is 4.70. The van der Waals surface area contributed by atoms with E-state index in [1.807, 2.05) is 41.7 Å². The van der Waals surface area contributed by atoms with Crippen molar-refractivity contribution in [3.05, 3.63) is 48.0 Å². The van der Waals surface area contributed by atoms with Crippen LogP contribution in [0.4, 0.5) is 5.95 Å². The molecule has 0 saturated carbocycles. The predicted molar refractivity (Wildman–Crippen MR) is 93.2 cm³/mol. The van der Waals surface area contributed by atoms with Gasteiger partial charge in [0, 0.05) is 18.8 Å². The molecule has 1 atom stereocenters. The number of amides is 1. The van der Waals surface area contributed by atoms with Crippen molar-refractivity contribution in [2.45, 2.75) is 26.3 Å². The third kappa shape index (κ3) is 3.09. The topological polar surface area (TPSA) is 75.7 Å². The standard InChI is InChI=1S/C18H21N5O2/c1-13-5-2-8-16-20-21-18(23(13)16)22-9-3-6-14(12-22)17(24)19-11-15-7-4-10-25-15/h2,4-5,7-8,10,14H,3,6,9,11-12H2,1H3,(H,19,24)/t14-/m1/s1. The molecule has 130 valence electrons. The molecule has 0 unspecified atom stereocenters. The highest BCUT2D eigenvalue weighted by Gasteiger charge is 2.28. The zero-order valence-corrected chi connectivity index (χ0v) is 14.2. The van der Waals surface area contributed by atoms with Crippen LogP contribution in [0.25, 0.3) is 5.65 Å². The van der Waals surface area contributed by atoms with Crippen molar-refractivity contribution in [1.29, 1.82) is 0 Å². The highest BCUT2D eigenvalue weighted by atomic mass is 16.3. The molecule has 1 aliphatic heterocycles. The number of nitrogens with one attached hydrogen (secondary N) is 1. The van der Waals surface area contributed by atoms with Crippen LogP contribution in [0.5, 0.6) is 0 Å². The Kier molecular flexibility index (Phi) is 4.13. The van der Waals surface area contributed by atoms with E-state index in [4.69, 9.17) is 4.42 Å². The number of fused-ring (bicyclic) bond motifs is 1. The van der Waals surface area contributed by atoms with Crippen LogP contribution in [0.1, 0.15) is 24.3 Å². The summed E-state index contributed by atoms with van der Waals surface area (Å²) in [6, 6.07) is 9.64. The van der Waals surface area contributed by atoms with Gasteiger partial charge in [0.1, 0.15) is 5.76 Å². The summed E-state index contributed by atoms with van der Waals surface area (Å²) in [4.78, 5) is 14.7. The van der Waals surface area contributed by atoms with E-state index in [-0.39, 0.29) is 11.8 Å². The molecule has 0 bridgehead atoms. The molecule has 7 heteroatoms. The number of hydrogen-bond donors (Lipinski definition) is 1. The molecular formula is C18H21N5O2. The van der Waals surface area contributed by atoms with Crippen LogP contribution < -0.4 is 10.2 Å². The largest absolute Gasteiger partial charge is 0.467 e. The fraction of sp³-hybridized carbons (Fsp3) is 0.389. The zero-order chi connectivity index (χ0) is 17.2. The summed E-state index contributed by atoms with van der Waals surface area (Å²) in [5.41, 5.74) is 1.92.